The maximum Gasteiger partial charge on any atom is 0.125 e. The van der Waals surface area contributed by atoms with Crippen molar-refractivity contribution in [1.29, 1.82) is 0 Å². The molecule has 2 atom stereocenters. The molecule has 1 saturated carbocycles. The van der Waals surface area contributed by atoms with Gasteiger partial charge in [0.05, 0.1) is 0 Å². The van der Waals surface area contributed by atoms with E-state index in [1.807, 2.05) is 0 Å². The Morgan fingerprint density at radius 1 is 1.30 bits per heavy atom. The van der Waals surface area contributed by atoms with Crippen LogP contribution in [0.4, 0.5) is 0 Å². The van der Waals surface area contributed by atoms with E-state index in [-0.39, 0.29) is 5.60 Å². The van der Waals surface area contributed by atoms with E-state index in [4.69, 9.17) is 4.74 Å². The smallest absolute Gasteiger partial charge is 0.125 e. The van der Waals surface area contributed by atoms with Gasteiger partial charge in [-0.05, 0) is 56.3 Å². The molecule has 1 aliphatic carbocycles. The lowest BCUT2D eigenvalue weighted by molar-refractivity contribution is -0.0413. The zero-order chi connectivity index (χ0) is 14.4. The molecule has 1 aromatic carbocycles. The lowest BCUT2D eigenvalue weighted by atomic mass is 9.66. The topological polar surface area (TPSA) is 21.3 Å². The molecule has 3 rings (SSSR count). The lowest BCUT2D eigenvalue weighted by Gasteiger charge is -2.49. The van der Waals surface area contributed by atoms with E-state index in [9.17, 15) is 0 Å². The van der Waals surface area contributed by atoms with Crippen molar-refractivity contribution in [3.63, 3.8) is 0 Å². The summed E-state index contributed by atoms with van der Waals surface area (Å²) in [6.07, 6.45) is 6.01. The van der Waals surface area contributed by atoms with Crippen molar-refractivity contribution in [3.8, 4) is 5.75 Å². The first-order valence-corrected chi connectivity index (χ1v) is 8.38. The second-order valence-corrected chi connectivity index (χ2v) is 8.12. The third kappa shape index (κ3) is 2.62. The predicted molar refractivity (Wildman–Crippen MR) is 86.2 cm³/mol. The Labute approximate surface area is 130 Å². The number of rotatable bonds is 1. The number of halogens is 1. The van der Waals surface area contributed by atoms with Crippen molar-refractivity contribution >= 4 is 15.9 Å². The quantitative estimate of drug-likeness (QED) is 0.792. The van der Waals surface area contributed by atoms with Crippen molar-refractivity contribution in [2.24, 2.45) is 5.41 Å². The highest BCUT2D eigenvalue weighted by Crippen LogP contribution is 2.51. The van der Waals surface area contributed by atoms with Gasteiger partial charge in [0.1, 0.15) is 11.4 Å². The molecule has 110 valence electrons. The summed E-state index contributed by atoms with van der Waals surface area (Å²) < 4.78 is 7.65. The van der Waals surface area contributed by atoms with Crippen LogP contribution in [0.3, 0.4) is 0 Å². The standard InChI is InChI=1S/C17H24BrNO/c1-16(2)7-4-8-17(11-16)10-14(19-3)13-9-12(18)5-6-15(13)20-17/h5-6,9,14,19H,4,7-8,10-11H2,1-3H3. The van der Waals surface area contributed by atoms with Crippen molar-refractivity contribution in [3.05, 3.63) is 28.2 Å². The molecule has 0 aromatic heterocycles. The number of nitrogens with one attached hydrogen (secondary N) is 1. The SMILES string of the molecule is CNC1CC2(CCCC(C)(C)C2)Oc2ccc(Br)cc21. The highest BCUT2D eigenvalue weighted by molar-refractivity contribution is 9.10. The third-order valence-corrected chi connectivity index (χ3v) is 5.38. The van der Waals surface area contributed by atoms with Crippen LogP contribution < -0.4 is 10.1 Å². The average molecular weight is 338 g/mol. The van der Waals surface area contributed by atoms with Gasteiger partial charge in [0.15, 0.2) is 0 Å². The number of ether oxygens (including phenoxy) is 1. The summed E-state index contributed by atoms with van der Waals surface area (Å²) in [6.45, 7) is 4.76. The molecule has 1 aliphatic heterocycles. The van der Waals surface area contributed by atoms with Crippen molar-refractivity contribution < 1.29 is 4.74 Å². The molecule has 2 nitrogen and oxygen atoms in total. The second-order valence-electron chi connectivity index (χ2n) is 7.21. The first-order valence-electron chi connectivity index (χ1n) is 7.59. The minimum absolute atomic E-state index is 0.0241. The zero-order valence-corrected chi connectivity index (χ0v) is 14.2. The van der Waals surface area contributed by atoms with Gasteiger partial charge in [-0.2, -0.15) is 0 Å². The van der Waals surface area contributed by atoms with Gasteiger partial charge in [0.2, 0.25) is 0 Å². The number of fused-ring (bicyclic) bond motifs is 1. The minimum atomic E-state index is 0.0241. The van der Waals surface area contributed by atoms with E-state index >= 15 is 0 Å². The molecule has 1 N–H and O–H groups in total. The molecule has 1 aromatic rings. The number of hydrogen-bond acceptors (Lipinski definition) is 2. The molecular formula is C17H24BrNO. The van der Waals surface area contributed by atoms with E-state index in [0.29, 0.717) is 11.5 Å². The largest absolute Gasteiger partial charge is 0.487 e. The van der Waals surface area contributed by atoms with Gasteiger partial charge in [-0.15, -0.1) is 0 Å². The van der Waals surface area contributed by atoms with Gasteiger partial charge in [-0.25, -0.2) is 0 Å². The number of benzene rings is 1. The van der Waals surface area contributed by atoms with Gasteiger partial charge in [-0.1, -0.05) is 29.8 Å². The maximum absolute atomic E-state index is 6.52. The van der Waals surface area contributed by atoms with Gasteiger partial charge >= 0.3 is 0 Å². The van der Waals surface area contributed by atoms with Crippen LogP contribution in [0.2, 0.25) is 0 Å². The van der Waals surface area contributed by atoms with Crippen LogP contribution in [0.15, 0.2) is 22.7 Å². The van der Waals surface area contributed by atoms with Gasteiger partial charge in [-0.3, -0.25) is 0 Å². The van der Waals surface area contributed by atoms with Crippen LogP contribution in [-0.4, -0.2) is 12.6 Å². The molecule has 2 aliphatic rings. The Balaban J connectivity index is 1.96. The summed E-state index contributed by atoms with van der Waals surface area (Å²) >= 11 is 3.57. The lowest BCUT2D eigenvalue weighted by Crippen LogP contribution is -2.48. The molecule has 2 unspecified atom stereocenters. The summed E-state index contributed by atoms with van der Waals surface area (Å²) in [5.74, 6) is 1.07. The van der Waals surface area contributed by atoms with E-state index in [0.717, 1.165) is 23.1 Å². The Hall–Kier alpha value is -0.540. The first kappa shape index (κ1) is 14.4. The van der Waals surface area contributed by atoms with Gasteiger partial charge < -0.3 is 10.1 Å². The van der Waals surface area contributed by atoms with Crippen molar-refractivity contribution in [1.82, 2.24) is 5.32 Å². The fourth-order valence-corrected chi connectivity index (χ4v) is 4.48. The second kappa shape index (κ2) is 5.03. The van der Waals surface area contributed by atoms with Crippen LogP contribution >= 0.6 is 15.9 Å². The Bertz CT molecular complexity index is 514. The van der Waals surface area contributed by atoms with Crippen LogP contribution in [0.5, 0.6) is 5.75 Å². The van der Waals surface area contributed by atoms with E-state index in [1.54, 1.807) is 0 Å². The molecule has 0 saturated heterocycles. The predicted octanol–water partition coefficient (Wildman–Crippen LogP) is 4.83. The van der Waals surface area contributed by atoms with E-state index < -0.39 is 0 Å². The van der Waals surface area contributed by atoms with Crippen LogP contribution in [0, 0.1) is 5.41 Å². The molecular weight excluding hydrogens is 314 g/mol. The summed E-state index contributed by atoms with van der Waals surface area (Å²) in [4.78, 5) is 0. The molecule has 3 heteroatoms. The van der Waals surface area contributed by atoms with Crippen molar-refractivity contribution in [2.45, 2.75) is 57.6 Å². The summed E-state index contributed by atoms with van der Waals surface area (Å²) in [6, 6.07) is 6.78. The van der Waals surface area contributed by atoms with E-state index in [1.165, 1.54) is 24.8 Å². The fraction of sp³-hybridized carbons (Fsp3) is 0.647. The molecule has 1 spiro atoms. The monoisotopic (exact) mass is 337 g/mol. The normalized spacial score (nSPS) is 31.7. The molecule has 1 fully saturated rings. The number of hydrogen-bond donors (Lipinski definition) is 1. The maximum atomic E-state index is 6.52. The van der Waals surface area contributed by atoms with Crippen LogP contribution in [0.25, 0.3) is 0 Å². The minimum Gasteiger partial charge on any atom is -0.487 e. The summed E-state index contributed by atoms with van der Waals surface area (Å²) in [5, 5.41) is 3.49. The summed E-state index contributed by atoms with van der Waals surface area (Å²) in [5.41, 5.74) is 1.70. The fourth-order valence-electron chi connectivity index (χ4n) is 4.10. The average Bonchev–Trinajstić information content (AvgIpc) is 2.37. The highest BCUT2D eigenvalue weighted by atomic mass is 79.9. The Kier molecular flexibility index (Phi) is 3.62. The molecule has 1 heterocycles. The first-order chi connectivity index (χ1) is 9.43. The zero-order valence-electron chi connectivity index (χ0n) is 12.6. The molecule has 0 amide bonds. The van der Waals surface area contributed by atoms with E-state index in [2.05, 4.69) is 60.3 Å². The molecule has 0 bridgehead atoms. The van der Waals surface area contributed by atoms with Crippen molar-refractivity contribution in [2.75, 3.05) is 7.05 Å². The van der Waals surface area contributed by atoms with Gasteiger partial charge in [0, 0.05) is 22.5 Å². The van der Waals surface area contributed by atoms with Gasteiger partial charge in [0.25, 0.3) is 0 Å². The molecule has 20 heavy (non-hydrogen) atoms. The Morgan fingerprint density at radius 2 is 2.10 bits per heavy atom. The third-order valence-electron chi connectivity index (χ3n) is 4.88. The van der Waals surface area contributed by atoms with Crippen LogP contribution in [0.1, 0.15) is 57.6 Å². The van der Waals surface area contributed by atoms with Crippen LogP contribution in [-0.2, 0) is 0 Å². The summed E-state index contributed by atoms with van der Waals surface area (Å²) in [7, 11) is 2.06. The molecule has 0 radical (unpaired) electrons. The Morgan fingerprint density at radius 3 is 2.80 bits per heavy atom. The highest BCUT2D eigenvalue weighted by Gasteiger charge is 2.46.